The Labute approximate surface area is 219 Å². The van der Waals surface area contributed by atoms with Gasteiger partial charge < -0.3 is 30.3 Å². The summed E-state index contributed by atoms with van der Waals surface area (Å²) in [6.45, 7) is 2.39. The quantitative estimate of drug-likeness (QED) is 0.256. The second-order valence-electron chi connectivity index (χ2n) is 9.24. The molecule has 3 unspecified atom stereocenters. The van der Waals surface area contributed by atoms with E-state index in [9.17, 15) is 10.2 Å². The molecule has 1 fully saturated rings. The number of benzene rings is 2. The van der Waals surface area contributed by atoms with Gasteiger partial charge in [0.05, 0.1) is 41.8 Å². The number of thiazole rings is 1. The fourth-order valence-corrected chi connectivity index (χ4v) is 5.81. The highest BCUT2D eigenvalue weighted by molar-refractivity contribution is 7.21. The molecule has 4 N–H and O–H groups in total. The molecule has 0 amide bonds. The molecule has 2 aromatic carbocycles. The van der Waals surface area contributed by atoms with Gasteiger partial charge in [0.2, 0.25) is 5.95 Å². The smallest absolute Gasteiger partial charge is 0.225 e. The zero-order valence-corrected chi connectivity index (χ0v) is 21.9. The Kier molecular flexibility index (Phi) is 7.40. The van der Waals surface area contributed by atoms with Crippen LogP contribution in [0.25, 0.3) is 20.8 Å². The van der Waals surface area contributed by atoms with E-state index in [1.165, 1.54) is 0 Å². The number of para-hydroxylation sites is 1. The first-order valence-electron chi connectivity index (χ1n) is 12.2. The zero-order valence-electron chi connectivity index (χ0n) is 21.1. The number of nitrogens with zero attached hydrogens (tertiary/aromatic N) is 3. The van der Waals surface area contributed by atoms with E-state index in [1.54, 1.807) is 25.6 Å². The predicted molar refractivity (Wildman–Crippen MR) is 145 cm³/mol. The number of aromatic nitrogens is 3. The largest absolute Gasteiger partial charge is 0.497 e. The number of rotatable bonds is 9. The highest BCUT2D eigenvalue weighted by atomic mass is 32.1. The van der Waals surface area contributed by atoms with Crippen LogP contribution in [0.1, 0.15) is 24.1 Å². The van der Waals surface area contributed by atoms with Gasteiger partial charge in [-0.15, -0.1) is 11.3 Å². The number of aliphatic hydroxyl groups is 2. The summed E-state index contributed by atoms with van der Waals surface area (Å²) in [5, 5.41) is 27.7. The third-order valence-corrected chi connectivity index (χ3v) is 7.75. The van der Waals surface area contributed by atoms with Gasteiger partial charge in [-0.2, -0.15) is 4.98 Å². The number of aliphatic hydroxyl groups excluding tert-OH is 2. The monoisotopic (exact) mass is 521 g/mol. The molecule has 0 spiro atoms. The first-order chi connectivity index (χ1) is 18.0. The summed E-state index contributed by atoms with van der Waals surface area (Å²) in [6, 6.07) is 13.7. The maximum Gasteiger partial charge on any atom is 0.225 e. The molecule has 1 saturated carbocycles. The van der Waals surface area contributed by atoms with E-state index in [4.69, 9.17) is 24.4 Å². The highest BCUT2D eigenvalue weighted by Gasteiger charge is 2.33. The van der Waals surface area contributed by atoms with Crippen LogP contribution in [0.3, 0.4) is 0 Å². The Morgan fingerprint density at radius 2 is 1.78 bits per heavy atom. The molecule has 10 heteroatoms. The molecule has 0 bridgehead atoms. The number of nitrogens with one attached hydrogen (secondary N) is 2. The maximum atomic E-state index is 10.3. The van der Waals surface area contributed by atoms with Crippen molar-refractivity contribution in [2.45, 2.75) is 38.5 Å². The maximum absolute atomic E-state index is 10.3. The van der Waals surface area contributed by atoms with E-state index in [0.29, 0.717) is 42.7 Å². The summed E-state index contributed by atoms with van der Waals surface area (Å²) >= 11 is 1.60. The van der Waals surface area contributed by atoms with Crippen molar-refractivity contribution in [3.8, 4) is 22.1 Å². The minimum absolute atomic E-state index is 0.0231. The van der Waals surface area contributed by atoms with E-state index in [0.717, 1.165) is 32.0 Å². The third kappa shape index (κ3) is 5.46. The van der Waals surface area contributed by atoms with Gasteiger partial charge in [-0.25, -0.2) is 9.97 Å². The summed E-state index contributed by atoms with van der Waals surface area (Å²) in [5.41, 5.74) is 3.53. The van der Waals surface area contributed by atoms with E-state index in [1.807, 2.05) is 43.3 Å². The summed E-state index contributed by atoms with van der Waals surface area (Å²) in [7, 11) is 3.25. The minimum Gasteiger partial charge on any atom is -0.497 e. The zero-order chi connectivity index (χ0) is 25.9. The Morgan fingerprint density at radius 1 is 1.03 bits per heavy atom. The Balaban J connectivity index is 1.47. The van der Waals surface area contributed by atoms with Crippen molar-refractivity contribution >= 4 is 33.3 Å². The van der Waals surface area contributed by atoms with Crippen molar-refractivity contribution in [2.24, 2.45) is 5.92 Å². The van der Waals surface area contributed by atoms with Gasteiger partial charge in [0, 0.05) is 31.2 Å². The Hall–Kier alpha value is -3.47. The van der Waals surface area contributed by atoms with Gasteiger partial charge in [0.25, 0.3) is 0 Å². The molecule has 4 aromatic rings. The van der Waals surface area contributed by atoms with Crippen molar-refractivity contribution in [2.75, 3.05) is 31.5 Å². The summed E-state index contributed by atoms with van der Waals surface area (Å²) in [6.07, 6.45) is 0.656. The summed E-state index contributed by atoms with van der Waals surface area (Å²) in [4.78, 5) is 14.4. The lowest BCUT2D eigenvalue weighted by atomic mass is 10.1. The van der Waals surface area contributed by atoms with E-state index in [-0.39, 0.29) is 18.6 Å². The van der Waals surface area contributed by atoms with Crippen molar-refractivity contribution in [3.05, 3.63) is 53.7 Å². The Morgan fingerprint density at radius 3 is 2.46 bits per heavy atom. The Bertz CT molecular complexity index is 1340. The normalized spacial score (nSPS) is 19.2. The van der Waals surface area contributed by atoms with Crippen LogP contribution >= 0.6 is 11.3 Å². The number of anilines is 2. The summed E-state index contributed by atoms with van der Waals surface area (Å²) < 4.78 is 11.9. The number of methoxy groups -OCH3 is 2. The molecule has 0 radical (unpaired) electrons. The van der Waals surface area contributed by atoms with E-state index in [2.05, 4.69) is 16.7 Å². The molecule has 194 valence electrons. The van der Waals surface area contributed by atoms with Gasteiger partial charge in [-0.1, -0.05) is 12.1 Å². The molecule has 2 heterocycles. The lowest BCUT2D eigenvalue weighted by Gasteiger charge is -2.18. The molecule has 37 heavy (non-hydrogen) atoms. The average molecular weight is 522 g/mol. The average Bonchev–Trinajstić information content (AvgIpc) is 3.49. The van der Waals surface area contributed by atoms with Gasteiger partial charge in [-0.05, 0) is 49.6 Å². The molecule has 2 aromatic heterocycles. The first kappa shape index (κ1) is 25.2. The second-order valence-corrected chi connectivity index (χ2v) is 10.3. The van der Waals surface area contributed by atoms with E-state index >= 15 is 0 Å². The van der Waals surface area contributed by atoms with Crippen molar-refractivity contribution in [3.63, 3.8) is 0 Å². The molecule has 1 aliphatic rings. The van der Waals surface area contributed by atoms with Crippen LogP contribution in [0.2, 0.25) is 0 Å². The molecule has 1 aliphatic carbocycles. The molecule has 3 atom stereocenters. The second kappa shape index (κ2) is 10.9. The molecule has 0 saturated heterocycles. The number of hydrogen-bond acceptors (Lipinski definition) is 10. The number of fused-ring (bicyclic) bond motifs is 1. The van der Waals surface area contributed by atoms with Crippen LogP contribution in [0, 0.1) is 12.8 Å². The lowest BCUT2D eigenvalue weighted by Crippen LogP contribution is -2.19. The lowest BCUT2D eigenvalue weighted by molar-refractivity contribution is 0.0908. The molecule has 0 aliphatic heterocycles. The van der Waals surface area contributed by atoms with Crippen LogP contribution < -0.4 is 20.1 Å². The van der Waals surface area contributed by atoms with Crippen LogP contribution in [0.4, 0.5) is 11.8 Å². The first-order valence-corrected chi connectivity index (χ1v) is 13.0. The standard InChI is InChI=1S/C27H31N5O4S/c1-15-24(26-31-21-6-4-5-7-23(21)37-26)25(30-18-10-17(14-33)22(34)11-18)32-27(29-15)28-13-16-8-19(35-2)12-20(9-16)36-3/h4-9,12,17-18,22,33-34H,10-11,13-14H2,1-3H3,(H2,28,29,30,32). The third-order valence-electron chi connectivity index (χ3n) is 6.69. The van der Waals surface area contributed by atoms with Gasteiger partial charge in [0.15, 0.2) is 0 Å². The van der Waals surface area contributed by atoms with Crippen molar-refractivity contribution in [1.29, 1.82) is 0 Å². The molecular formula is C27H31N5O4S. The molecule has 9 nitrogen and oxygen atoms in total. The van der Waals surface area contributed by atoms with Gasteiger partial charge in [-0.3, -0.25) is 0 Å². The molecular weight excluding hydrogens is 490 g/mol. The minimum atomic E-state index is -0.544. The van der Waals surface area contributed by atoms with Gasteiger partial charge in [0.1, 0.15) is 22.3 Å². The van der Waals surface area contributed by atoms with Gasteiger partial charge >= 0.3 is 0 Å². The van der Waals surface area contributed by atoms with E-state index < -0.39 is 6.10 Å². The number of aryl methyl sites for hydroxylation is 1. The summed E-state index contributed by atoms with van der Waals surface area (Å²) in [5.74, 6) is 2.41. The predicted octanol–water partition coefficient (Wildman–Crippen LogP) is 4.23. The van der Waals surface area contributed by atoms with Crippen LogP contribution in [0.15, 0.2) is 42.5 Å². The van der Waals surface area contributed by atoms with Crippen LogP contribution in [-0.2, 0) is 6.54 Å². The van der Waals surface area contributed by atoms with Crippen LogP contribution in [-0.4, -0.2) is 58.1 Å². The fraction of sp³-hybridized carbons (Fsp3) is 0.370. The van der Waals surface area contributed by atoms with Crippen LogP contribution in [0.5, 0.6) is 11.5 Å². The van der Waals surface area contributed by atoms with Crippen molar-refractivity contribution in [1.82, 2.24) is 15.0 Å². The highest BCUT2D eigenvalue weighted by Crippen LogP contribution is 2.38. The number of hydrogen-bond donors (Lipinski definition) is 4. The number of ether oxygens (including phenoxy) is 2. The molecule has 5 rings (SSSR count). The van der Waals surface area contributed by atoms with Crippen molar-refractivity contribution < 1.29 is 19.7 Å². The topological polar surface area (TPSA) is 122 Å². The fourth-order valence-electron chi connectivity index (χ4n) is 4.75. The SMILES string of the molecule is COc1cc(CNc2nc(C)c(-c3nc4ccccc4s3)c(NC3CC(O)C(CO)C3)n2)cc(OC)c1.